The zero-order valence-electron chi connectivity index (χ0n) is 9.29. The van der Waals surface area contributed by atoms with Gasteiger partial charge in [0, 0.05) is 10.2 Å². The minimum Gasteiger partial charge on any atom is -0.340 e. The minimum atomic E-state index is 0.870. The first-order valence-corrected chi connectivity index (χ1v) is 5.92. The predicted molar refractivity (Wildman–Crippen MR) is 71.1 cm³/mol. The maximum atomic E-state index is 4.45. The fraction of sp³-hybridized carbons (Fsp3) is 0.154. The van der Waals surface area contributed by atoms with Crippen molar-refractivity contribution >= 4 is 27.4 Å². The van der Waals surface area contributed by atoms with Gasteiger partial charge in [-0.25, -0.2) is 4.98 Å². The van der Waals surface area contributed by atoms with Gasteiger partial charge in [-0.15, -0.1) is 0 Å². The lowest BCUT2D eigenvalue weighted by Crippen LogP contribution is -1.96. The van der Waals surface area contributed by atoms with Gasteiger partial charge in [0.15, 0.2) is 0 Å². The Labute approximate surface area is 104 Å². The summed E-state index contributed by atoms with van der Waals surface area (Å²) in [6.07, 6.45) is 0. The molecule has 0 spiro atoms. The number of para-hydroxylation sites is 1. The number of hydrogen-bond acceptors (Lipinski definition) is 2. The van der Waals surface area contributed by atoms with Gasteiger partial charge in [-0.05, 0) is 53.5 Å². The summed E-state index contributed by atoms with van der Waals surface area (Å²) in [5.41, 5.74) is 3.29. The zero-order chi connectivity index (χ0) is 11.5. The summed E-state index contributed by atoms with van der Waals surface area (Å²) in [6.45, 7) is 4.06. The molecule has 0 fully saturated rings. The van der Waals surface area contributed by atoms with Crippen LogP contribution in [0.4, 0.5) is 11.5 Å². The Morgan fingerprint density at radius 3 is 2.50 bits per heavy atom. The fourth-order valence-electron chi connectivity index (χ4n) is 1.46. The highest BCUT2D eigenvalue weighted by Gasteiger charge is 2.01. The van der Waals surface area contributed by atoms with Crippen molar-refractivity contribution in [3.8, 4) is 0 Å². The molecule has 1 aromatic heterocycles. The number of nitrogens with one attached hydrogen (secondary N) is 1. The molecule has 0 aliphatic carbocycles. The Hall–Kier alpha value is -1.35. The SMILES string of the molecule is Cc1ccccc1Nc1ccc(Br)c(C)n1. The Morgan fingerprint density at radius 2 is 1.81 bits per heavy atom. The molecule has 2 nitrogen and oxygen atoms in total. The van der Waals surface area contributed by atoms with Gasteiger partial charge < -0.3 is 5.32 Å². The van der Waals surface area contributed by atoms with Crippen LogP contribution in [0.5, 0.6) is 0 Å². The lowest BCUT2D eigenvalue weighted by molar-refractivity contribution is 1.18. The van der Waals surface area contributed by atoms with Crippen LogP contribution in [-0.2, 0) is 0 Å². The third-order valence-corrected chi connectivity index (χ3v) is 3.27. The van der Waals surface area contributed by atoms with Crippen LogP contribution in [0.15, 0.2) is 40.9 Å². The molecule has 1 heterocycles. The molecule has 3 heteroatoms. The van der Waals surface area contributed by atoms with Crippen LogP contribution in [0.1, 0.15) is 11.3 Å². The van der Waals surface area contributed by atoms with Gasteiger partial charge in [-0.2, -0.15) is 0 Å². The van der Waals surface area contributed by atoms with Crippen LogP contribution >= 0.6 is 15.9 Å². The molecule has 0 atom stereocenters. The molecule has 0 amide bonds. The number of pyridine rings is 1. The summed E-state index contributed by atoms with van der Waals surface area (Å²) in [6, 6.07) is 12.1. The van der Waals surface area contributed by atoms with E-state index in [1.165, 1.54) is 5.56 Å². The quantitative estimate of drug-likeness (QED) is 0.889. The first-order valence-electron chi connectivity index (χ1n) is 5.12. The summed E-state index contributed by atoms with van der Waals surface area (Å²) >= 11 is 3.44. The fourth-order valence-corrected chi connectivity index (χ4v) is 1.69. The number of aryl methyl sites for hydroxylation is 2. The van der Waals surface area contributed by atoms with E-state index in [2.05, 4.69) is 39.2 Å². The van der Waals surface area contributed by atoms with Crippen molar-refractivity contribution in [1.82, 2.24) is 4.98 Å². The molecule has 2 aromatic rings. The second-order valence-corrected chi connectivity index (χ2v) is 4.56. The first kappa shape index (κ1) is 11.1. The number of halogens is 1. The summed E-state index contributed by atoms with van der Waals surface area (Å²) in [5.74, 6) is 0.870. The number of anilines is 2. The molecule has 0 unspecified atom stereocenters. The molecule has 0 aliphatic rings. The van der Waals surface area contributed by atoms with Crippen molar-refractivity contribution in [1.29, 1.82) is 0 Å². The minimum absolute atomic E-state index is 0.870. The van der Waals surface area contributed by atoms with Gasteiger partial charge in [0.05, 0.1) is 5.69 Å². The highest BCUT2D eigenvalue weighted by molar-refractivity contribution is 9.10. The third-order valence-electron chi connectivity index (χ3n) is 2.43. The molecule has 1 aromatic carbocycles. The molecular weight excluding hydrogens is 264 g/mol. The standard InChI is InChI=1S/C13H13BrN2/c1-9-5-3-4-6-12(9)16-13-8-7-11(14)10(2)15-13/h3-8H,1-2H3,(H,15,16). The Kier molecular flexibility index (Phi) is 3.25. The summed E-state index contributed by atoms with van der Waals surface area (Å²) in [4.78, 5) is 4.45. The van der Waals surface area contributed by atoms with Crippen LogP contribution in [0.25, 0.3) is 0 Å². The Morgan fingerprint density at radius 1 is 1.06 bits per heavy atom. The van der Waals surface area contributed by atoms with Gasteiger partial charge in [0.2, 0.25) is 0 Å². The van der Waals surface area contributed by atoms with Gasteiger partial charge in [-0.3, -0.25) is 0 Å². The lowest BCUT2D eigenvalue weighted by atomic mass is 10.2. The number of hydrogen-bond donors (Lipinski definition) is 1. The summed E-state index contributed by atoms with van der Waals surface area (Å²) in [7, 11) is 0. The van der Waals surface area contributed by atoms with Gasteiger partial charge in [0.25, 0.3) is 0 Å². The predicted octanol–water partition coefficient (Wildman–Crippen LogP) is 4.20. The third kappa shape index (κ3) is 2.42. The molecule has 16 heavy (non-hydrogen) atoms. The van der Waals surface area contributed by atoms with E-state index >= 15 is 0 Å². The normalized spacial score (nSPS) is 10.2. The number of aromatic nitrogens is 1. The van der Waals surface area contributed by atoms with E-state index in [0.29, 0.717) is 0 Å². The molecule has 2 rings (SSSR count). The van der Waals surface area contributed by atoms with Crippen molar-refractivity contribution in [2.45, 2.75) is 13.8 Å². The van der Waals surface area contributed by atoms with E-state index in [-0.39, 0.29) is 0 Å². The van der Waals surface area contributed by atoms with Gasteiger partial charge in [0.1, 0.15) is 5.82 Å². The molecule has 0 aliphatic heterocycles. The topological polar surface area (TPSA) is 24.9 Å². The lowest BCUT2D eigenvalue weighted by Gasteiger charge is -2.09. The van der Waals surface area contributed by atoms with Crippen molar-refractivity contribution in [3.63, 3.8) is 0 Å². The van der Waals surface area contributed by atoms with Crippen molar-refractivity contribution in [2.24, 2.45) is 0 Å². The van der Waals surface area contributed by atoms with Crippen LogP contribution < -0.4 is 5.32 Å². The average molecular weight is 277 g/mol. The van der Waals surface area contributed by atoms with Crippen molar-refractivity contribution < 1.29 is 0 Å². The molecule has 1 N–H and O–H groups in total. The van der Waals surface area contributed by atoms with Gasteiger partial charge >= 0.3 is 0 Å². The molecule has 0 bridgehead atoms. The van der Waals surface area contributed by atoms with E-state index in [1.807, 2.05) is 37.3 Å². The largest absolute Gasteiger partial charge is 0.340 e. The van der Waals surface area contributed by atoms with Crippen LogP contribution in [0, 0.1) is 13.8 Å². The van der Waals surface area contributed by atoms with Crippen LogP contribution in [-0.4, -0.2) is 4.98 Å². The summed E-state index contributed by atoms with van der Waals surface area (Å²) < 4.78 is 1.03. The van der Waals surface area contributed by atoms with E-state index in [0.717, 1.165) is 21.7 Å². The molecule has 0 radical (unpaired) electrons. The molecule has 0 saturated carbocycles. The van der Waals surface area contributed by atoms with E-state index in [4.69, 9.17) is 0 Å². The van der Waals surface area contributed by atoms with E-state index in [9.17, 15) is 0 Å². The summed E-state index contributed by atoms with van der Waals surface area (Å²) in [5, 5.41) is 3.31. The number of nitrogens with zero attached hydrogens (tertiary/aromatic N) is 1. The second kappa shape index (κ2) is 4.66. The monoisotopic (exact) mass is 276 g/mol. The van der Waals surface area contributed by atoms with E-state index < -0.39 is 0 Å². The molecule has 0 saturated heterocycles. The highest BCUT2D eigenvalue weighted by Crippen LogP contribution is 2.21. The Bertz CT molecular complexity index is 509. The van der Waals surface area contributed by atoms with Gasteiger partial charge in [-0.1, -0.05) is 18.2 Å². The first-order chi connectivity index (χ1) is 7.66. The van der Waals surface area contributed by atoms with Crippen molar-refractivity contribution in [2.75, 3.05) is 5.32 Å². The van der Waals surface area contributed by atoms with Crippen LogP contribution in [0.3, 0.4) is 0 Å². The van der Waals surface area contributed by atoms with Crippen LogP contribution in [0.2, 0.25) is 0 Å². The smallest absolute Gasteiger partial charge is 0.130 e. The molecular formula is C13H13BrN2. The average Bonchev–Trinajstić information content (AvgIpc) is 2.27. The second-order valence-electron chi connectivity index (χ2n) is 3.70. The highest BCUT2D eigenvalue weighted by atomic mass is 79.9. The van der Waals surface area contributed by atoms with Crippen molar-refractivity contribution in [3.05, 3.63) is 52.1 Å². The Balaban J connectivity index is 2.28. The number of benzene rings is 1. The maximum absolute atomic E-state index is 4.45. The zero-order valence-corrected chi connectivity index (χ0v) is 10.9. The maximum Gasteiger partial charge on any atom is 0.130 e. The number of rotatable bonds is 2. The molecule has 82 valence electrons. The van der Waals surface area contributed by atoms with E-state index in [1.54, 1.807) is 0 Å².